The van der Waals surface area contributed by atoms with Crippen molar-refractivity contribution in [3.05, 3.63) is 36.5 Å². The molecule has 128 valence electrons. The fourth-order valence-electron chi connectivity index (χ4n) is 2.40. The van der Waals surface area contributed by atoms with Gasteiger partial charge >= 0.3 is 5.97 Å². The van der Waals surface area contributed by atoms with Crippen LogP contribution in [0, 0.1) is 11.8 Å². The summed E-state index contributed by atoms with van der Waals surface area (Å²) >= 11 is 0. The first-order valence-corrected chi connectivity index (χ1v) is 7.90. The molecule has 2 N–H and O–H groups in total. The van der Waals surface area contributed by atoms with Gasteiger partial charge < -0.3 is 10.4 Å². The lowest BCUT2D eigenvalue weighted by Crippen LogP contribution is -2.35. The first-order valence-electron chi connectivity index (χ1n) is 7.90. The average molecular weight is 330 g/mol. The van der Waals surface area contributed by atoms with Gasteiger partial charge in [0.05, 0.1) is 12.1 Å². The topological polar surface area (TPSA) is 97.1 Å². The first-order chi connectivity index (χ1) is 11.5. The van der Waals surface area contributed by atoms with Crippen LogP contribution in [0.15, 0.2) is 36.5 Å². The molecule has 0 saturated heterocycles. The van der Waals surface area contributed by atoms with Crippen LogP contribution >= 0.6 is 0 Å². The van der Waals surface area contributed by atoms with E-state index in [1.165, 1.54) is 4.68 Å². The summed E-state index contributed by atoms with van der Waals surface area (Å²) in [7, 11) is 0. The maximum absolute atomic E-state index is 12.0. The monoisotopic (exact) mass is 330 g/mol. The Morgan fingerprint density at radius 3 is 2.58 bits per heavy atom. The molecule has 0 aliphatic heterocycles. The molecule has 1 unspecified atom stereocenters. The van der Waals surface area contributed by atoms with Gasteiger partial charge in [0, 0.05) is 12.1 Å². The number of carbonyl (C=O) groups excluding carboxylic acids is 1. The van der Waals surface area contributed by atoms with Gasteiger partial charge in [-0.3, -0.25) is 9.59 Å². The lowest BCUT2D eigenvalue weighted by Gasteiger charge is -2.15. The number of hydrogen-bond acceptors (Lipinski definition) is 4. The number of carboxylic acid groups (broad SMARTS) is 1. The molecule has 0 saturated carbocycles. The van der Waals surface area contributed by atoms with Crippen LogP contribution in [-0.4, -0.2) is 38.5 Å². The van der Waals surface area contributed by atoms with Gasteiger partial charge in [0.25, 0.3) is 0 Å². The van der Waals surface area contributed by atoms with Gasteiger partial charge in [-0.05, 0) is 12.3 Å². The van der Waals surface area contributed by atoms with Crippen molar-refractivity contribution in [2.45, 2.75) is 26.8 Å². The lowest BCUT2D eigenvalue weighted by atomic mass is 9.97. The molecule has 0 aliphatic rings. The van der Waals surface area contributed by atoms with Crippen molar-refractivity contribution >= 4 is 11.9 Å². The van der Waals surface area contributed by atoms with Gasteiger partial charge in [-0.15, -0.1) is 5.10 Å². The molecule has 0 bridgehead atoms. The summed E-state index contributed by atoms with van der Waals surface area (Å²) < 4.78 is 1.44. The van der Waals surface area contributed by atoms with E-state index in [1.54, 1.807) is 6.20 Å². The molecule has 2 aromatic rings. The zero-order valence-corrected chi connectivity index (χ0v) is 13.8. The Labute approximate surface area is 140 Å². The number of aromatic nitrogens is 3. The van der Waals surface area contributed by atoms with Gasteiger partial charge in [-0.1, -0.05) is 49.4 Å². The predicted molar refractivity (Wildman–Crippen MR) is 89.0 cm³/mol. The second kappa shape index (κ2) is 8.24. The summed E-state index contributed by atoms with van der Waals surface area (Å²) in [6.45, 7) is 4.04. The quantitative estimate of drug-likeness (QED) is 0.769. The van der Waals surface area contributed by atoms with Crippen LogP contribution in [0.2, 0.25) is 0 Å². The third-order valence-electron chi connectivity index (χ3n) is 3.56. The standard InChI is InChI=1S/C17H22N4O3/c1-12(2)8-14(17(23)24)9-18-16(22)11-21-10-15(19-20-21)13-6-4-3-5-7-13/h3-7,10,12,14H,8-9,11H2,1-2H3,(H,18,22)(H,23,24). The summed E-state index contributed by atoms with van der Waals surface area (Å²) in [5.74, 6) is -1.50. The van der Waals surface area contributed by atoms with Gasteiger partial charge in [-0.2, -0.15) is 0 Å². The van der Waals surface area contributed by atoms with E-state index in [9.17, 15) is 14.7 Å². The highest BCUT2D eigenvalue weighted by Crippen LogP contribution is 2.14. The summed E-state index contributed by atoms with van der Waals surface area (Å²) in [5.41, 5.74) is 1.61. The van der Waals surface area contributed by atoms with E-state index in [2.05, 4.69) is 15.6 Å². The molecule has 0 radical (unpaired) electrons. The maximum atomic E-state index is 12.0. The molecule has 1 aromatic carbocycles. The average Bonchev–Trinajstić information content (AvgIpc) is 3.00. The second-order valence-corrected chi connectivity index (χ2v) is 6.14. The van der Waals surface area contributed by atoms with Crippen molar-refractivity contribution in [3.8, 4) is 11.3 Å². The summed E-state index contributed by atoms with van der Waals surface area (Å²) in [4.78, 5) is 23.2. The highest BCUT2D eigenvalue weighted by atomic mass is 16.4. The number of aliphatic carboxylic acids is 1. The number of carbonyl (C=O) groups is 2. The van der Waals surface area contributed by atoms with Crippen molar-refractivity contribution < 1.29 is 14.7 Å². The third kappa shape index (κ3) is 5.19. The van der Waals surface area contributed by atoms with Crippen LogP contribution in [0.5, 0.6) is 0 Å². The lowest BCUT2D eigenvalue weighted by molar-refractivity contribution is -0.142. The number of benzene rings is 1. The number of carboxylic acids is 1. The Balaban J connectivity index is 1.88. The minimum atomic E-state index is -0.892. The SMILES string of the molecule is CC(C)CC(CNC(=O)Cn1cc(-c2ccccc2)nn1)C(=O)O. The van der Waals surface area contributed by atoms with E-state index >= 15 is 0 Å². The molecule has 0 spiro atoms. The Kier molecular flexibility index (Phi) is 6.06. The Morgan fingerprint density at radius 1 is 1.25 bits per heavy atom. The number of rotatable bonds is 8. The number of nitrogens with one attached hydrogen (secondary N) is 1. The van der Waals surface area contributed by atoms with Crippen LogP contribution < -0.4 is 5.32 Å². The first kappa shape index (κ1) is 17.7. The van der Waals surface area contributed by atoms with Crippen molar-refractivity contribution in [1.82, 2.24) is 20.3 Å². The van der Waals surface area contributed by atoms with Crippen LogP contribution in [0.3, 0.4) is 0 Å². The number of nitrogens with zero attached hydrogens (tertiary/aromatic N) is 3. The summed E-state index contributed by atoms with van der Waals surface area (Å²) in [6, 6.07) is 9.55. The molecular weight excluding hydrogens is 308 g/mol. The minimum Gasteiger partial charge on any atom is -0.481 e. The van der Waals surface area contributed by atoms with Gasteiger partial charge in [0.15, 0.2) is 0 Å². The van der Waals surface area contributed by atoms with Crippen molar-refractivity contribution in [3.63, 3.8) is 0 Å². The Bertz CT molecular complexity index is 682. The smallest absolute Gasteiger partial charge is 0.308 e. The minimum absolute atomic E-state index is 0.00779. The third-order valence-corrected chi connectivity index (χ3v) is 3.56. The number of hydrogen-bond donors (Lipinski definition) is 2. The predicted octanol–water partition coefficient (Wildman–Crippen LogP) is 1.81. The van der Waals surface area contributed by atoms with E-state index in [4.69, 9.17) is 0 Å². The largest absolute Gasteiger partial charge is 0.481 e. The van der Waals surface area contributed by atoms with Crippen LogP contribution in [0.25, 0.3) is 11.3 Å². The summed E-state index contributed by atoms with van der Waals surface area (Å²) in [5, 5.41) is 19.8. The summed E-state index contributed by atoms with van der Waals surface area (Å²) in [6.07, 6.45) is 2.22. The van der Waals surface area contributed by atoms with Gasteiger partial charge in [-0.25, -0.2) is 4.68 Å². The molecule has 2 rings (SSSR count). The van der Waals surface area contributed by atoms with Crippen LogP contribution in [0.1, 0.15) is 20.3 Å². The molecule has 1 amide bonds. The normalized spacial score (nSPS) is 12.1. The van der Waals surface area contributed by atoms with E-state index in [0.29, 0.717) is 12.1 Å². The fraction of sp³-hybridized carbons (Fsp3) is 0.412. The van der Waals surface area contributed by atoms with Gasteiger partial charge in [0.2, 0.25) is 5.91 Å². The van der Waals surface area contributed by atoms with Crippen LogP contribution in [-0.2, 0) is 16.1 Å². The molecule has 1 heterocycles. The molecule has 7 nitrogen and oxygen atoms in total. The number of amides is 1. The van der Waals surface area contributed by atoms with Crippen molar-refractivity contribution in [1.29, 1.82) is 0 Å². The zero-order chi connectivity index (χ0) is 17.5. The fourth-order valence-corrected chi connectivity index (χ4v) is 2.40. The van der Waals surface area contributed by atoms with E-state index in [1.807, 2.05) is 44.2 Å². The van der Waals surface area contributed by atoms with E-state index < -0.39 is 11.9 Å². The molecule has 1 atom stereocenters. The van der Waals surface area contributed by atoms with E-state index in [0.717, 1.165) is 5.56 Å². The maximum Gasteiger partial charge on any atom is 0.308 e. The molecule has 0 aliphatic carbocycles. The molecule has 24 heavy (non-hydrogen) atoms. The molecule has 0 fully saturated rings. The highest BCUT2D eigenvalue weighted by molar-refractivity contribution is 5.77. The van der Waals surface area contributed by atoms with E-state index in [-0.39, 0.29) is 24.9 Å². The van der Waals surface area contributed by atoms with Crippen molar-refractivity contribution in [2.75, 3.05) is 6.54 Å². The zero-order valence-electron chi connectivity index (χ0n) is 13.8. The highest BCUT2D eigenvalue weighted by Gasteiger charge is 2.19. The van der Waals surface area contributed by atoms with Crippen LogP contribution in [0.4, 0.5) is 0 Å². The molecule has 1 aromatic heterocycles. The van der Waals surface area contributed by atoms with Gasteiger partial charge in [0.1, 0.15) is 12.2 Å². The second-order valence-electron chi connectivity index (χ2n) is 6.14. The van der Waals surface area contributed by atoms with Crippen molar-refractivity contribution in [2.24, 2.45) is 11.8 Å². The molecular formula is C17H22N4O3. The molecule has 7 heteroatoms. The Morgan fingerprint density at radius 2 is 1.96 bits per heavy atom. The Hall–Kier alpha value is -2.70.